The third-order valence-electron chi connectivity index (χ3n) is 1.34. The van der Waals surface area contributed by atoms with Crippen molar-refractivity contribution >= 4 is 11.6 Å². The standard InChI is InChI=1S/C8H9Cl.H2/c1-2-7-5-3-4-6-8(7)9;/h3-6H,2H2,1H3;1H/i;1+1D. The first kappa shape index (κ1) is 5.31. The molecule has 0 nitrogen and oxygen atoms in total. The minimum Gasteiger partial charge on any atom is -0.0840 e. The van der Waals surface area contributed by atoms with Gasteiger partial charge < -0.3 is 0 Å². The summed E-state index contributed by atoms with van der Waals surface area (Å²) in [5.41, 5.74) is 1.22. The normalized spacial score (nSPS) is 10.4. The summed E-state index contributed by atoms with van der Waals surface area (Å²) in [6.45, 7) is 2.10. The molecule has 0 aliphatic rings. The molecule has 9 heavy (non-hydrogen) atoms. The Balaban J connectivity index is 0.000000461. The number of hydrogen-bond acceptors (Lipinski definition) is 0. The van der Waals surface area contributed by atoms with E-state index in [-0.39, 0.29) is 0 Å². The smallest absolute Gasteiger partial charge is 0.0437 e. The van der Waals surface area contributed by atoms with Gasteiger partial charge in [0.2, 0.25) is 0 Å². The van der Waals surface area contributed by atoms with Gasteiger partial charge in [0.25, 0.3) is 0 Å². The average Bonchev–Trinajstić information content (AvgIpc) is 2.09. The minimum absolute atomic E-state index is 0.875. The number of halogens is 1. The van der Waals surface area contributed by atoms with Gasteiger partial charge in [-0.05, 0) is 18.1 Å². The third-order valence-corrected chi connectivity index (χ3v) is 1.71. The van der Waals surface area contributed by atoms with Crippen LogP contribution in [0, 0.1) is 0 Å². The fraction of sp³-hybridized carbons (Fsp3) is 0.250. The van der Waals surface area contributed by atoms with Crippen molar-refractivity contribution in [2.75, 3.05) is 0 Å². The van der Waals surface area contributed by atoms with Gasteiger partial charge in [0.15, 0.2) is 0 Å². The van der Waals surface area contributed by atoms with Crippen molar-refractivity contribution in [2.45, 2.75) is 13.3 Å². The van der Waals surface area contributed by atoms with Gasteiger partial charge in [-0.3, -0.25) is 0 Å². The molecule has 0 radical (unpaired) electrons. The summed E-state index contributed by atoms with van der Waals surface area (Å²) >= 11 is 5.82. The van der Waals surface area contributed by atoms with Gasteiger partial charge in [-0.2, -0.15) is 0 Å². The monoisotopic (exact) mass is 144 g/mol. The van der Waals surface area contributed by atoms with Crippen molar-refractivity contribution in [3.05, 3.63) is 34.9 Å². The van der Waals surface area contributed by atoms with E-state index in [0.29, 0.717) is 0 Å². The van der Waals surface area contributed by atoms with E-state index in [2.05, 4.69) is 6.92 Å². The van der Waals surface area contributed by atoms with Crippen LogP contribution in [0.1, 0.15) is 15.5 Å². The molecule has 0 heterocycles. The zero-order chi connectivity index (χ0) is 8.69. The predicted molar refractivity (Wildman–Crippen MR) is 42.9 cm³/mol. The maximum Gasteiger partial charge on any atom is 0.0437 e. The highest BCUT2D eigenvalue weighted by molar-refractivity contribution is 6.31. The van der Waals surface area contributed by atoms with Gasteiger partial charge in [0, 0.05) is 7.99 Å². The fourth-order valence-corrected chi connectivity index (χ4v) is 1.05. The molecular weight excluding hydrogens is 132 g/mol. The molecule has 1 rings (SSSR count). The molecular formula is C8H11Cl. The van der Waals surface area contributed by atoms with Crippen LogP contribution in [0.4, 0.5) is 0 Å². The first-order valence-electron chi connectivity index (χ1n) is 4.08. The van der Waals surface area contributed by atoms with Crippen molar-refractivity contribution < 1.29 is 2.97 Å². The Morgan fingerprint density at radius 3 is 2.67 bits per heavy atom. The lowest BCUT2D eigenvalue weighted by molar-refractivity contribution is 1.14. The summed E-state index contributed by atoms with van der Waals surface area (Å²) in [6.07, 6.45) is 1.01. The highest BCUT2D eigenvalue weighted by Crippen LogP contribution is 2.14. The molecule has 0 N–H and O–H groups in total. The topological polar surface area (TPSA) is 0 Å². The van der Waals surface area contributed by atoms with Crippen LogP contribution in [0.25, 0.3) is 0 Å². The lowest BCUT2D eigenvalue weighted by atomic mass is 10.2. The number of hydrogen-bond donors (Lipinski definition) is 0. The van der Waals surface area contributed by atoms with Gasteiger partial charge in [0.1, 0.15) is 0 Å². The molecule has 0 atom stereocenters. The van der Waals surface area contributed by atoms with Crippen LogP contribution < -0.4 is 0 Å². The van der Waals surface area contributed by atoms with Crippen LogP contribution in [0.3, 0.4) is 0 Å². The summed E-state index contributed by atoms with van der Waals surface area (Å²) < 4.78 is 10.0. The Morgan fingerprint density at radius 1 is 1.56 bits per heavy atom. The minimum atomic E-state index is 0.875. The molecule has 0 aliphatic heterocycles. The molecule has 0 saturated heterocycles. The summed E-state index contributed by atoms with van der Waals surface area (Å²) in [5, 5.41) is 0.875. The fourth-order valence-electron chi connectivity index (χ4n) is 0.785. The predicted octanol–water partition coefficient (Wildman–Crippen LogP) is 3.15. The van der Waals surface area contributed by atoms with E-state index in [1.807, 2.05) is 24.3 Å². The second kappa shape index (κ2) is 2.88. The first-order valence-corrected chi connectivity index (χ1v) is 3.45. The second-order valence-electron chi connectivity index (χ2n) is 1.94. The number of aryl methyl sites for hydroxylation is 1. The molecule has 0 aromatic heterocycles. The van der Waals surface area contributed by atoms with E-state index in [0.717, 1.165) is 11.4 Å². The molecule has 0 fully saturated rings. The molecule has 0 spiro atoms. The molecule has 1 aromatic rings. The van der Waals surface area contributed by atoms with E-state index in [9.17, 15) is 0 Å². The Morgan fingerprint density at radius 2 is 2.22 bits per heavy atom. The molecule has 50 valence electrons. The van der Waals surface area contributed by atoms with Gasteiger partial charge in [-0.15, -0.1) is 0 Å². The van der Waals surface area contributed by atoms with Crippen LogP contribution >= 0.6 is 11.6 Å². The molecule has 1 heteroatoms. The maximum absolute atomic E-state index is 5.82. The van der Waals surface area contributed by atoms with Gasteiger partial charge in [0.05, 0.1) is 0 Å². The summed E-state index contributed by atoms with van der Waals surface area (Å²) in [5.74, 6) is 0. The molecule has 0 amide bonds. The second-order valence-corrected chi connectivity index (χ2v) is 2.35. The maximum atomic E-state index is 5.82. The van der Waals surface area contributed by atoms with Crippen molar-refractivity contribution in [1.29, 1.82) is 0 Å². The molecule has 0 unspecified atom stereocenters. The molecule has 0 saturated carbocycles. The lowest BCUT2D eigenvalue weighted by Crippen LogP contribution is -1.78. The summed E-state index contributed by atoms with van der Waals surface area (Å²) in [7, 11) is 0. The quantitative estimate of drug-likeness (QED) is 0.568. The van der Waals surface area contributed by atoms with E-state index >= 15 is 0 Å². The number of benzene rings is 1. The zero-order valence-corrected chi connectivity index (χ0v) is 6.15. The van der Waals surface area contributed by atoms with Crippen molar-refractivity contribution in [1.82, 2.24) is 0 Å². The molecule has 0 bridgehead atoms. The van der Waals surface area contributed by atoms with Crippen LogP contribution in [-0.2, 0) is 6.42 Å². The Kier molecular flexibility index (Phi) is 1.70. The van der Waals surface area contributed by atoms with Crippen LogP contribution in [0.2, 0.25) is 5.02 Å². The number of rotatable bonds is 1. The highest BCUT2D eigenvalue weighted by atomic mass is 35.5. The van der Waals surface area contributed by atoms with Gasteiger partial charge >= 0.3 is 0 Å². The summed E-state index contributed by atoms with van der Waals surface area (Å²) in [6, 6.07) is 7.91. The van der Waals surface area contributed by atoms with Crippen molar-refractivity contribution in [2.24, 2.45) is 0 Å². The Bertz CT molecular complexity index is 201. The molecule has 1 aromatic carbocycles. The largest absolute Gasteiger partial charge is 0.0840 e. The first-order chi connectivity index (χ1) is 5.34. The van der Waals surface area contributed by atoms with Crippen molar-refractivity contribution in [3.63, 3.8) is 0 Å². The zero-order valence-electron chi connectivity index (χ0n) is 7.39. The highest BCUT2D eigenvalue weighted by Gasteiger charge is 1.91. The average molecular weight is 145 g/mol. The summed E-state index contributed by atoms with van der Waals surface area (Å²) in [4.78, 5) is 0. The van der Waals surface area contributed by atoms with E-state index in [1.54, 1.807) is 0 Å². The lowest BCUT2D eigenvalue weighted by Gasteiger charge is -1.96. The Labute approximate surface area is 63.6 Å². The van der Waals surface area contributed by atoms with E-state index < -0.39 is 0 Å². The third kappa shape index (κ3) is 1.46. The van der Waals surface area contributed by atoms with Crippen LogP contribution in [-0.4, -0.2) is 0 Å². The van der Waals surface area contributed by atoms with Gasteiger partial charge in [-0.1, -0.05) is 36.7 Å². The van der Waals surface area contributed by atoms with Crippen molar-refractivity contribution in [3.8, 4) is 0 Å². The molecule has 0 aliphatic carbocycles. The van der Waals surface area contributed by atoms with E-state index in [4.69, 9.17) is 14.6 Å². The van der Waals surface area contributed by atoms with E-state index in [1.165, 1.54) is 5.56 Å². The Hall–Kier alpha value is -0.490. The van der Waals surface area contributed by atoms with Crippen LogP contribution in [0.15, 0.2) is 24.3 Å². The van der Waals surface area contributed by atoms with Crippen LogP contribution in [0.5, 0.6) is 0 Å². The van der Waals surface area contributed by atoms with Gasteiger partial charge in [-0.25, -0.2) is 0 Å². The SMILES string of the molecule is CCc1ccccc1Cl.[2H][2H].